The van der Waals surface area contributed by atoms with Crippen LogP contribution in [0.1, 0.15) is 31.1 Å². The van der Waals surface area contributed by atoms with E-state index in [1.807, 2.05) is 0 Å². The Kier molecular flexibility index (Phi) is 6.58. The van der Waals surface area contributed by atoms with Crippen molar-refractivity contribution in [2.45, 2.75) is 0 Å². The number of carboxylic acid groups (broad SMARTS) is 3. The van der Waals surface area contributed by atoms with E-state index in [1.165, 1.54) is 4.68 Å². The molecule has 0 bridgehead atoms. The minimum absolute atomic E-state index is 0.368. The van der Waals surface area contributed by atoms with Crippen LogP contribution < -0.4 is 5.84 Å². The summed E-state index contributed by atoms with van der Waals surface area (Å²) >= 11 is 0. The Morgan fingerprint density at radius 1 is 0.667 bits per heavy atom. The van der Waals surface area contributed by atoms with Gasteiger partial charge in [-0.05, 0) is 18.2 Å². The van der Waals surface area contributed by atoms with E-state index in [4.69, 9.17) is 21.2 Å². The number of benzene rings is 1. The number of carbonyl (C=O) groups is 3. The Balaban J connectivity index is 0.000000190. The largest absolute Gasteiger partial charge is 0.478 e. The number of nitrogens with zero attached hydrogens (tertiary/aromatic N) is 7. The number of carboxylic acids is 3. The number of hydrogen-bond acceptors (Lipinski definition) is 10. The maximum absolute atomic E-state index is 10.6. The van der Waals surface area contributed by atoms with Crippen molar-refractivity contribution in [2.75, 3.05) is 5.84 Å². The molecule has 4 aromatic rings. The fourth-order valence-corrected chi connectivity index (χ4v) is 2.47. The Hall–Kier alpha value is -5.27. The third-order valence-electron chi connectivity index (χ3n) is 3.95. The summed E-state index contributed by atoms with van der Waals surface area (Å²) in [5.41, 5.74) is -0.0165. The average molecular weight is 450 g/mol. The Bertz CT molecular complexity index is 1170. The lowest BCUT2D eigenvalue weighted by Crippen LogP contribution is -2.13. The van der Waals surface area contributed by atoms with Crippen molar-refractivity contribution in [3.8, 4) is 23.0 Å². The molecule has 5 N–H and O–H groups in total. The van der Waals surface area contributed by atoms with E-state index in [-0.39, 0.29) is 16.7 Å². The van der Waals surface area contributed by atoms with Gasteiger partial charge in [0, 0.05) is 24.8 Å². The van der Waals surface area contributed by atoms with Crippen LogP contribution in [0, 0.1) is 0 Å². The predicted octanol–water partition coefficient (Wildman–Crippen LogP) is 0.687. The van der Waals surface area contributed by atoms with Crippen LogP contribution in [0.2, 0.25) is 0 Å². The topological polar surface area (TPSA) is 220 Å². The lowest BCUT2D eigenvalue weighted by molar-refractivity contribution is 0.0696. The van der Waals surface area contributed by atoms with E-state index in [9.17, 15) is 14.4 Å². The number of aromatic nitrogens is 7. The van der Waals surface area contributed by atoms with Crippen molar-refractivity contribution in [1.29, 1.82) is 0 Å². The van der Waals surface area contributed by atoms with Gasteiger partial charge in [0.05, 0.1) is 29.1 Å². The molecule has 0 atom stereocenters. The lowest BCUT2D eigenvalue weighted by atomic mass is 10.1. The molecule has 0 unspecified atom stereocenters. The van der Waals surface area contributed by atoms with Gasteiger partial charge in [0.2, 0.25) is 11.6 Å². The van der Waals surface area contributed by atoms with E-state index in [2.05, 4.69) is 30.1 Å². The first-order chi connectivity index (χ1) is 15.8. The first kappa shape index (κ1) is 22.4. The van der Waals surface area contributed by atoms with E-state index >= 15 is 0 Å². The second kappa shape index (κ2) is 9.69. The standard InChI is InChI=1S/C10H8N8.C9H6O6/c11-18-9(7-5-12-1-3-14-7)16-17-10(18)8-6-13-2-4-15-8;10-7(11)4-1-5(8(12)13)3-6(2-4)9(14)15/h1-6H,11H2;1-3H,(H,10,11)(H,12,13)(H,14,15). The van der Waals surface area contributed by atoms with Crippen LogP contribution in [0.4, 0.5) is 0 Å². The summed E-state index contributed by atoms with van der Waals surface area (Å²) in [7, 11) is 0. The summed E-state index contributed by atoms with van der Waals surface area (Å²) in [6, 6.07) is 2.70. The number of nitrogens with two attached hydrogens (primary N) is 1. The van der Waals surface area contributed by atoms with Crippen LogP contribution in [-0.2, 0) is 0 Å². The molecular weight excluding hydrogens is 436 g/mol. The monoisotopic (exact) mass is 450 g/mol. The molecule has 0 saturated heterocycles. The van der Waals surface area contributed by atoms with Crippen LogP contribution in [0.25, 0.3) is 23.0 Å². The smallest absolute Gasteiger partial charge is 0.335 e. The quantitative estimate of drug-likeness (QED) is 0.308. The van der Waals surface area contributed by atoms with Crippen LogP contribution in [0.3, 0.4) is 0 Å². The number of aromatic carboxylic acids is 3. The SMILES string of the molecule is Nn1c(-c2cnccn2)nnc1-c1cnccn1.O=C(O)c1cc(C(=O)O)cc(C(=O)O)c1. The Morgan fingerprint density at radius 3 is 1.30 bits per heavy atom. The fraction of sp³-hybridized carbons (Fsp3) is 0. The lowest BCUT2D eigenvalue weighted by Gasteiger charge is -2.01. The van der Waals surface area contributed by atoms with Crippen LogP contribution in [-0.4, -0.2) is 68.0 Å². The summed E-state index contributed by atoms with van der Waals surface area (Å²) < 4.78 is 1.31. The van der Waals surface area contributed by atoms with Gasteiger partial charge in [-0.3, -0.25) is 9.97 Å². The highest BCUT2D eigenvalue weighted by Gasteiger charge is 2.15. The number of rotatable bonds is 5. The molecule has 0 aliphatic rings. The molecule has 0 aliphatic carbocycles. The van der Waals surface area contributed by atoms with E-state index in [0.717, 1.165) is 18.2 Å². The molecule has 0 amide bonds. The molecule has 0 spiro atoms. The third-order valence-corrected chi connectivity index (χ3v) is 3.95. The molecule has 3 heterocycles. The first-order valence-corrected chi connectivity index (χ1v) is 8.86. The van der Waals surface area contributed by atoms with Gasteiger partial charge in [-0.1, -0.05) is 0 Å². The van der Waals surface area contributed by atoms with Crippen molar-refractivity contribution < 1.29 is 29.7 Å². The van der Waals surface area contributed by atoms with Crippen LogP contribution in [0.15, 0.2) is 55.4 Å². The van der Waals surface area contributed by atoms with Crippen molar-refractivity contribution in [3.05, 3.63) is 72.1 Å². The zero-order chi connectivity index (χ0) is 24.0. The minimum Gasteiger partial charge on any atom is -0.478 e. The van der Waals surface area contributed by atoms with Gasteiger partial charge in [-0.25, -0.2) is 29.0 Å². The second-order valence-electron chi connectivity index (χ2n) is 6.11. The highest BCUT2D eigenvalue weighted by Crippen LogP contribution is 2.17. The molecule has 166 valence electrons. The minimum atomic E-state index is -1.37. The Morgan fingerprint density at radius 2 is 1.03 bits per heavy atom. The summed E-state index contributed by atoms with van der Waals surface area (Å²) in [6.45, 7) is 0. The van der Waals surface area contributed by atoms with Crippen molar-refractivity contribution >= 4 is 17.9 Å². The van der Waals surface area contributed by atoms with Gasteiger partial charge in [0.25, 0.3) is 0 Å². The Labute approximate surface area is 184 Å². The van der Waals surface area contributed by atoms with Gasteiger partial charge in [0.15, 0.2) is 0 Å². The van der Waals surface area contributed by atoms with Crippen molar-refractivity contribution in [2.24, 2.45) is 0 Å². The van der Waals surface area contributed by atoms with Crippen LogP contribution >= 0.6 is 0 Å². The van der Waals surface area contributed by atoms with Gasteiger partial charge < -0.3 is 21.2 Å². The fourth-order valence-electron chi connectivity index (χ4n) is 2.47. The van der Waals surface area contributed by atoms with Crippen molar-refractivity contribution in [1.82, 2.24) is 34.8 Å². The molecule has 0 radical (unpaired) electrons. The predicted molar refractivity (Wildman–Crippen MR) is 110 cm³/mol. The number of nitrogen functional groups attached to an aromatic ring is 1. The highest BCUT2D eigenvalue weighted by molar-refractivity contribution is 5.98. The molecule has 14 heteroatoms. The summed E-state index contributed by atoms with van der Waals surface area (Å²) in [6.07, 6.45) is 9.40. The van der Waals surface area contributed by atoms with E-state index in [1.54, 1.807) is 37.2 Å². The van der Waals surface area contributed by atoms with Gasteiger partial charge in [-0.15, -0.1) is 10.2 Å². The third kappa shape index (κ3) is 5.26. The second-order valence-corrected chi connectivity index (χ2v) is 6.11. The molecule has 4 rings (SSSR count). The summed E-state index contributed by atoms with van der Waals surface area (Å²) in [4.78, 5) is 47.8. The molecule has 0 fully saturated rings. The zero-order valence-corrected chi connectivity index (χ0v) is 16.5. The van der Waals surface area contributed by atoms with E-state index in [0.29, 0.717) is 23.0 Å². The molecule has 0 saturated carbocycles. The first-order valence-electron chi connectivity index (χ1n) is 8.86. The van der Waals surface area contributed by atoms with E-state index < -0.39 is 17.9 Å². The van der Waals surface area contributed by atoms with Gasteiger partial charge in [0.1, 0.15) is 11.4 Å². The maximum atomic E-state index is 10.6. The maximum Gasteiger partial charge on any atom is 0.335 e. The van der Waals surface area contributed by atoms with Crippen LogP contribution in [0.5, 0.6) is 0 Å². The number of hydrogen-bond donors (Lipinski definition) is 4. The van der Waals surface area contributed by atoms with Gasteiger partial charge in [-0.2, -0.15) is 0 Å². The molecule has 1 aromatic carbocycles. The normalized spacial score (nSPS) is 10.1. The van der Waals surface area contributed by atoms with Gasteiger partial charge >= 0.3 is 17.9 Å². The highest BCUT2D eigenvalue weighted by atomic mass is 16.4. The van der Waals surface area contributed by atoms with Crippen molar-refractivity contribution in [3.63, 3.8) is 0 Å². The zero-order valence-electron chi connectivity index (χ0n) is 16.5. The summed E-state index contributed by atoms with van der Waals surface area (Å²) in [5, 5.41) is 33.8. The molecule has 3 aromatic heterocycles. The molecule has 33 heavy (non-hydrogen) atoms. The molecule has 0 aliphatic heterocycles. The molecular formula is C19H14N8O6. The summed E-state index contributed by atoms with van der Waals surface area (Å²) in [5.74, 6) is 2.64. The molecule has 14 nitrogen and oxygen atoms in total. The average Bonchev–Trinajstić information content (AvgIpc) is 3.21.